The Hall–Kier alpha value is -1.48. The highest BCUT2D eigenvalue weighted by atomic mass is 79.9. The molecule has 9 heteroatoms. The lowest BCUT2D eigenvalue weighted by atomic mass is 10.4. The van der Waals surface area contributed by atoms with Gasteiger partial charge >= 0.3 is 0 Å². The summed E-state index contributed by atoms with van der Waals surface area (Å²) < 4.78 is 5.96. The molecule has 0 aliphatic heterocycles. The van der Waals surface area contributed by atoms with Gasteiger partial charge in [-0.1, -0.05) is 5.10 Å². The zero-order chi connectivity index (χ0) is 12.4. The minimum absolute atomic E-state index is 0.124. The first kappa shape index (κ1) is 12.0. The Balaban J connectivity index is 2.28. The molecule has 1 amide bonds. The zero-order valence-corrected chi connectivity index (χ0v) is 11.3. The first-order valence-corrected chi connectivity index (χ1v) is 6.12. The number of carbonyl (C=O) groups excluding carboxylic acids is 1. The van der Waals surface area contributed by atoms with Gasteiger partial charge in [-0.15, -0.1) is 16.4 Å². The van der Waals surface area contributed by atoms with Crippen LogP contribution in [0.3, 0.4) is 0 Å². The molecule has 0 aliphatic carbocycles. The van der Waals surface area contributed by atoms with Crippen molar-refractivity contribution in [2.75, 3.05) is 12.4 Å². The highest BCUT2D eigenvalue weighted by Crippen LogP contribution is 2.39. The SMILES string of the molecule is COc1c(C(=O)Nc2nn[nH]n2)sc(C)c1Br. The lowest BCUT2D eigenvalue weighted by Crippen LogP contribution is -2.12. The van der Waals surface area contributed by atoms with E-state index in [1.165, 1.54) is 18.4 Å². The molecule has 2 N–H and O–H groups in total. The third kappa shape index (κ3) is 2.29. The van der Waals surface area contributed by atoms with Crippen molar-refractivity contribution in [1.82, 2.24) is 20.6 Å². The van der Waals surface area contributed by atoms with Crippen LogP contribution in [0, 0.1) is 6.92 Å². The predicted octanol–water partition coefficient (Wildman–Crippen LogP) is 1.59. The standard InChI is InChI=1S/C8H8BrN5O2S/c1-3-4(9)5(16-2)6(17-3)7(15)10-8-11-13-14-12-8/h1-2H3,(H2,10,11,12,13,14,15). The number of ether oxygens (including phenoxy) is 1. The lowest BCUT2D eigenvalue weighted by molar-refractivity contribution is 0.102. The van der Waals surface area contributed by atoms with Crippen molar-refractivity contribution in [2.45, 2.75) is 6.92 Å². The monoisotopic (exact) mass is 317 g/mol. The maximum absolute atomic E-state index is 11.9. The summed E-state index contributed by atoms with van der Waals surface area (Å²) in [5.74, 6) is 0.301. The Morgan fingerprint density at radius 1 is 1.59 bits per heavy atom. The average molecular weight is 318 g/mol. The Labute approximate surface area is 109 Å². The van der Waals surface area contributed by atoms with E-state index in [2.05, 4.69) is 41.9 Å². The molecule has 0 atom stereocenters. The third-order valence-corrected chi connectivity index (χ3v) is 4.25. The number of hydrogen-bond donors (Lipinski definition) is 2. The number of amides is 1. The second-order valence-corrected chi connectivity index (χ2v) is 5.04. The van der Waals surface area contributed by atoms with E-state index in [4.69, 9.17) is 4.74 Å². The van der Waals surface area contributed by atoms with Crippen molar-refractivity contribution < 1.29 is 9.53 Å². The van der Waals surface area contributed by atoms with Crippen molar-refractivity contribution in [2.24, 2.45) is 0 Å². The van der Waals surface area contributed by atoms with Gasteiger partial charge < -0.3 is 4.74 Å². The maximum atomic E-state index is 11.9. The number of methoxy groups -OCH3 is 1. The molecule has 0 saturated heterocycles. The van der Waals surface area contributed by atoms with Crippen LogP contribution in [0.25, 0.3) is 0 Å². The summed E-state index contributed by atoms with van der Waals surface area (Å²) >= 11 is 4.69. The Morgan fingerprint density at radius 3 is 2.94 bits per heavy atom. The van der Waals surface area contributed by atoms with Gasteiger partial charge in [-0.2, -0.15) is 5.21 Å². The van der Waals surface area contributed by atoms with Crippen LogP contribution in [0.15, 0.2) is 4.47 Å². The fourth-order valence-corrected chi connectivity index (χ4v) is 2.85. The zero-order valence-electron chi connectivity index (χ0n) is 8.94. The summed E-state index contributed by atoms with van der Waals surface area (Å²) in [7, 11) is 1.51. The molecule has 0 aliphatic rings. The first-order valence-electron chi connectivity index (χ1n) is 4.51. The number of aromatic amines is 1. The molecule has 17 heavy (non-hydrogen) atoms. The third-order valence-electron chi connectivity index (χ3n) is 1.95. The summed E-state index contributed by atoms with van der Waals surface area (Å²) in [6.07, 6.45) is 0. The van der Waals surface area contributed by atoms with E-state index in [-0.39, 0.29) is 11.9 Å². The van der Waals surface area contributed by atoms with Gasteiger partial charge in [0.1, 0.15) is 4.88 Å². The lowest BCUT2D eigenvalue weighted by Gasteiger charge is -2.02. The van der Waals surface area contributed by atoms with Crippen molar-refractivity contribution in [1.29, 1.82) is 0 Å². The predicted molar refractivity (Wildman–Crippen MR) is 65.4 cm³/mol. The molecule has 2 heterocycles. The summed E-state index contributed by atoms with van der Waals surface area (Å²) in [5, 5.41) is 15.4. The Bertz CT molecular complexity index is 538. The van der Waals surface area contributed by atoms with E-state index in [0.29, 0.717) is 10.6 Å². The number of thiophene rings is 1. The highest BCUT2D eigenvalue weighted by Gasteiger charge is 2.21. The summed E-state index contributed by atoms with van der Waals surface area (Å²) in [5.41, 5.74) is 0. The maximum Gasteiger partial charge on any atom is 0.272 e. The van der Waals surface area contributed by atoms with Gasteiger partial charge in [0.2, 0.25) is 0 Å². The second-order valence-electron chi connectivity index (χ2n) is 3.02. The van der Waals surface area contributed by atoms with Gasteiger partial charge in [-0.25, -0.2) is 0 Å². The van der Waals surface area contributed by atoms with Crippen LogP contribution in [0.2, 0.25) is 0 Å². The van der Waals surface area contributed by atoms with E-state index in [1.807, 2.05) is 6.92 Å². The van der Waals surface area contributed by atoms with Crippen molar-refractivity contribution in [3.63, 3.8) is 0 Å². The average Bonchev–Trinajstić information content (AvgIpc) is 2.89. The smallest absolute Gasteiger partial charge is 0.272 e. The van der Waals surface area contributed by atoms with E-state index >= 15 is 0 Å². The van der Waals surface area contributed by atoms with Crippen molar-refractivity contribution in [3.05, 3.63) is 14.2 Å². The van der Waals surface area contributed by atoms with Crippen molar-refractivity contribution in [3.8, 4) is 5.75 Å². The minimum Gasteiger partial charge on any atom is -0.494 e. The largest absolute Gasteiger partial charge is 0.494 e. The molecule has 2 rings (SSSR count). The Kier molecular flexibility index (Phi) is 3.38. The number of nitrogens with one attached hydrogen (secondary N) is 2. The van der Waals surface area contributed by atoms with E-state index < -0.39 is 0 Å². The molecule has 0 unspecified atom stereocenters. The molecule has 0 saturated carbocycles. The quantitative estimate of drug-likeness (QED) is 0.896. The summed E-state index contributed by atoms with van der Waals surface area (Å²) in [6, 6.07) is 0. The number of H-pyrrole nitrogens is 1. The summed E-state index contributed by atoms with van der Waals surface area (Å²) in [4.78, 5) is 13.4. The fraction of sp³-hybridized carbons (Fsp3) is 0.250. The Morgan fingerprint density at radius 2 is 2.35 bits per heavy atom. The van der Waals surface area contributed by atoms with Crippen LogP contribution in [0.1, 0.15) is 14.5 Å². The minimum atomic E-state index is -0.331. The molecular weight excluding hydrogens is 310 g/mol. The van der Waals surface area contributed by atoms with Crippen LogP contribution in [-0.2, 0) is 0 Å². The number of nitrogens with zero attached hydrogens (tertiary/aromatic N) is 3. The van der Waals surface area contributed by atoms with Gasteiger partial charge in [0.25, 0.3) is 11.9 Å². The summed E-state index contributed by atoms with van der Waals surface area (Å²) in [6.45, 7) is 1.89. The number of anilines is 1. The van der Waals surface area contributed by atoms with Gasteiger partial charge in [-0.3, -0.25) is 10.1 Å². The normalized spacial score (nSPS) is 10.3. The molecule has 7 nitrogen and oxygen atoms in total. The molecule has 2 aromatic rings. The fourth-order valence-electron chi connectivity index (χ4n) is 1.21. The molecule has 0 aromatic carbocycles. The van der Waals surface area contributed by atoms with Gasteiger partial charge in [-0.05, 0) is 28.1 Å². The second kappa shape index (κ2) is 4.80. The number of tetrazole rings is 1. The van der Waals surface area contributed by atoms with Gasteiger partial charge in [0, 0.05) is 4.88 Å². The molecule has 0 spiro atoms. The van der Waals surface area contributed by atoms with Crippen LogP contribution in [0.4, 0.5) is 5.95 Å². The molecule has 2 aromatic heterocycles. The van der Waals surface area contributed by atoms with Gasteiger partial charge in [0.05, 0.1) is 11.6 Å². The number of aromatic nitrogens is 4. The van der Waals surface area contributed by atoms with Crippen LogP contribution < -0.4 is 10.1 Å². The highest BCUT2D eigenvalue weighted by molar-refractivity contribution is 9.10. The molecule has 0 fully saturated rings. The number of carbonyl (C=O) groups is 1. The van der Waals surface area contributed by atoms with Crippen LogP contribution in [-0.4, -0.2) is 33.6 Å². The molecule has 0 radical (unpaired) electrons. The molecular formula is C8H8BrN5O2S. The number of aryl methyl sites for hydroxylation is 1. The van der Waals surface area contributed by atoms with Crippen LogP contribution >= 0.6 is 27.3 Å². The van der Waals surface area contributed by atoms with E-state index in [1.54, 1.807) is 0 Å². The number of rotatable bonds is 3. The van der Waals surface area contributed by atoms with E-state index in [0.717, 1.165) is 9.35 Å². The van der Waals surface area contributed by atoms with Crippen LogP contribution in [0.5, 0.6) is 5.75 Å². The van der Waals surface area contributed by atoms with Crippen molar-refractivity contribution >= 4 is 39.1 Å². The number of halogens is 1. The number of hydrogen-bond acceptors (Lipinski definition) is 6. The van der Waals surface area contributed by atoms with Gasteiger partial charge in [0.15, 0.2) is 5.75 Å². The molecule has 90 valence electrons. The first-order chi connectivity index (χ1) is 8.13. The topological polar surface area (TPSA) is 92.8 Å². The van der Waals surface area contributed by atoms with E-state index in [9.17, 15) is 4.79 Å². The molecule has 0 bridgehead atoms.